The molecule has 2 N–H and O–H groups in total. The van der Waals surface area contributed by atoms with E-state index in [0.29, 0.717) is 6.54 Å². The van der Waals surface area contributed by atoms with Crippen LogP contribution in [0.4, 0.5) is 0 Å². The van der Waals surface area contributed by atoms with Crippen LogP contribution in [-0.2, 0) is 9.53 Å². The highest BCUT2D eigenvalue weighted by molar-refractivity contribution is 5.72. The molecular weight excluding hydrogens is 130 g/mol. The lowest BCUT2D eigenvalue weighted by atomic mass is 9.97. The van der Waals surface area contributed by atoms with Crippen molar-refractivity contribution in [2.45, 2.75) is 13.8 Å². The molecule has 0 aromatic rings. The predicted octanol–water partition coefficient (Wildman–Crippen LogP) is 0.390. The molecule has 0 heterocycles. The third-order valence-electron chi connectivity index (χ3n) is 1.80. The summed E-state index contributed by atoms with van der Waals surface area (Å²) in [6.45, 7) is 4.28. The third kappa shape index (κ3) is 2.35. The Morgan fingerprint density at radius 1 is 1.60 bits per heavy atom. The normalized spacial score (nSPS) is 16.0. The number of esters is 1. The molecule has 2 atom stereocenters. The highest BCUT2D eigenvalue weighted by Gasteiger charge is 2.18. The Kier molecular flexibility index (Phi) is 4.03. The molecule has 0 saturated carbocycles. The number of carbonyl (C=O) groups excluding carboxylic acids is 1. The van der Waals surface area contributed by atoms with Gasteiger partial charge in [-0.05, 0) is 12.5 Å². The zero-order valence-corrected chi connectivity index (χ0v) is 6.76. The van der Waals surface area contributed by atoms with E-state index in [1.165, 1.54) is 7.11 Å². The van der Waals surface area contributed by atoms with Crippen molar-refractivity contribution in [1.29, 1.82) is 0 Å². The fraction of sp³-hybridized carbons (Fsp3) is 0.857. The number of rotatable bonds is 3. The predicted molar refractivity (Wildman–Crippen MR) is 39.4 cm³/mol. The van der Waals surface area contributed by atoms with E-state index in [-0.39, 0.29) is 17.8 Å². The number of hydrogen-bond donors (Lipinski definition) is 1. The van der Waals surface area contributed by atoms with E-state index < -0.39 is 0 Å². The van der Waals surface area contributed by atoms with Crippen LogP contribution < -0.4 is 5.73 Å². The Balaban J connectivity index is 3.81. The van der Waals surface area contributed by atoms with E-state index in [4.69, 9.17) is 5.73 Å². The molecule has 0 rings (SSSR count). The molecule has 0 aliphatic rings. The maximum atomic E-state index is 10.8. The summed E-state index contributed by atoms with van der Waals surface area (Å²) in [6, 6.07) is 0. The summed E-state index contributed by atoms with van der Waals surface area (Å²) in [5.74, 6) is -0.0691. The van der Waals surface area contributed by atoms with Gasteiger partial charge in [-0.2, -0.15) is 0 Å². The van der Waals surface area contributed by atoms with Crippen molar-refractivity contribution in [3.8, 4) is 0 Å². The molecule has 0 aromatic heterocycles. The lowest BCUT2D eigenvalue weighted by Crippen LogP contribution is -2.25. The number of nitrogens with two attached hydrogens (primary N) is 1. The Hall–Kier alpha value is -0.570. The minimum Gasteiger partial charge on any atom is -0.469 e. The Labute approximate surface area is 61.5 Å². The van der Waals surface area contributed by atoms with Gasteiger partial charge in [-0.15, -0.1) is 0 Å². The van der Waals surface area contributed by atoms with E-state index in [9.17, 15) is 4.79 Å². The lowest BCUT2D eigenvalue weighted by Gasteiger charge is -2.14. The van der Waals surface area contributed by atoms with Crippen molar-refractivity contribution < 1.29 is 9.53 Å². The van der Waals surface area contributed by atoms with Gasteiger partial charge < -0.3 is 10.5 Å². The van der Waals surface area contributed by atoms with Crippen molar-refractivity contribution in [2.75, 3.05) is 13.7 Å². The van der Waals surface area contributed by atoms with Crippen LogP contribution in [0.25, 0.3) is 0 Å². The van der Waals surface area contributed by atoms with E-state index in [1.54, 1.807) is 0 Å². The smallest absolute Gasteiger partial charge is 0.308 e. The quantitative estimate of drug-likeness (QED) is 0.584. The van der Waals surface area contributed by atoms with Gasteiger partial charge in [-0.25, -0.2) is 0 Å². The van der Waals surface area contributed by atoms with E-state index in [2.05, 4.69) is 4.74 Å². The molecule has 0 radical (unpaired) electrons. The van der Waals surface area contributed by atoms with Gasteiger partial charge in [0, 0.05) is 0 Å². The monoisotopic (exact) mass is 145 g/mol. The zero-order valence-electron chi connectivity index (χ0n) is 6.76. The Morgan fingerprint density at radius 3 is 2.40 bits per heavy atom. The van der Waals surface area contributed by atoms with Crippen LogP contribution >= 0.6 is 0 Å². The van der Waals surface area contributed by atoms with Crippen LogP contribution in [0.3, 0.4) is 0 Å². The Morgan fingerprint density at radius 2 is 2.10 bits per heavy atom. The number of carbonyl (C=O) groups is 1. The summed E-state index contributed by atoms with van der Waals surface area (Å²) >= 11 is 0. The van der Waals surface area contributed by atoms with Crippen LogP contribution in [0.15, 0.2) is 0 Å². The van der Waals surface area contributed by atoms with Crippen LogP contribution in [0.2, 0.25) is 0 Å². The van der Waals surface area contributed by atoms with Crippen LogP contribution in [-0.4, -0.2) is 19.6 Å². The summed E-state index contributed by atoms with van der Waals surface area (Å²) < 4.78 is 4.54. The largest absolute Gasteiger partial charge is 0.469 e. The molecule has 0 aliphatic heterocycles. The first-order valence-electron chi connectivity index (χ1n) is 3.41. The summed E-state index contributed by atoms with van der Waals surface area (Å²) in [4.78, 5) is 10.8. The minimum atomic E-state index is -0.182. The lowest BCUT2D eigenvalue weighted by molar-refractivity contribution is -0.146. The summed E-state index contributed by atoms with van der Waals surface area (Å²) in [5, 5.41) is 0. The van der Waals surface area contributed by atoms with Crippen molar-refractivity contribution in [1.82, 2.24) is 0 Å². The van der Waals surface area contributed by atoms with Crippen molar-refractivity contribution in [3.63, 3.8) is 0 Å². The highest BCUT2D eigenvalue weighted by atomic mass is 16.5. The van der Waals surface area contributed by atoms with Gasteiger partial charge in [-0.3, -0.25) is 4.79 Å². The van der Waals surface area contributed by atoms with E-state index in [0.717, 1.165) is 0 Å². The molecule has 0 fully saturated rings. The van der Waals surface area contributed by atoms with Gasteiger partial charge >= 0.3 is 5.97 Å². The van der Waals surface area contributed by atoms with E-state index >= 15 is 0 Å². The fourth-order valence-corrected chi connectivity index (χ4v) is 0.622. The van der Waals surface area contributed by atoms with Gasteiger partial charge in [0.2, 0.25) is 0 Å². The molecule has 0 spiro atoms. The van der Waals surface area contributed by atoms with Crippen molar-refractivity contribution >= 4 is 5.97 Å². The minimum absolute atomic E-state index is 0.0880. The molecule has 3 nitrogen and oxygen atoms in total. The molecule has 0 saturated heterocycles. The number of ether oxygens (including phenoxy) is 1. The second-order valence-corrected chi connectivity index (χ2v) is 2.52. The SMILES string of the molecule is COC(=O)[C@@H](C)[C@@H](C)CN. The zero-order chi connectivity index (χ0) is 8.15. The topological polar surface area (TPSA) is 52.3 Å². The second-order valence-electron chi connectivity index (χ2n) is 2.52. The standard InChI is InChI=1S/C7H15NO2/c1-5(4-8)6(2)7(9)10-3/h5-6H,4,8H2,1-3H3/t5-,6-/m0/s1. The third-order valence-corrected chi connectivity index (χ3v) is 1.80. The maximum absolute atomic E-state index is 10.8. The molecule has 0 bridgehead atoms. The molecule has 3 heteroatoms. The average molecular weight is 145 g/mol. The molecule has 60 valence electrons. The average Bonchev–Trinajstić information content (AvgIpc) is 2.00. The maximum Gasteiger partial charge on any atom is 0.308 e. The first kappa shape index (κ1) is 9.43. The summed E-state index contributed by atoms with van der Waals surface area (Å²) in [7, 11) is 1.39. The Bertz CT molecular complexity index is 114. The first-order chi connectivity index (χ1) is 4.63. The second kappa shape index (κ2) is 4.28. The van der Waals surface area contributed by atoms with E-state index in [1.807, 2.05) is 13.8 Å². The van der Waals surface area contributed by atoms with Gasteiger partial charge in [-0.1, -0.05) is 13.8 Å². The van der Waals surface area contributed by atoms with Gasteiger partial charge in [0.25, 0.3) is 0 Å². The fourth-order valence-electron chi connectivity index (χ4n) is 0.622. The van der Waals surface area contributed by atoms with Gasteiger partial charge in [0.1, 0.15) is 0 Å². The molecule has 0 unspecified atom stereocenters. The molecule has 0 aromatic carbocycles. The number of methoxy groups -OCH3 is 1. The van der Waals surface area contributed by atoms with Gasteiger partial charge in [0.15, 0.2) is 0 Å². The molecular formula is C7H15NO2. The first-order valence-corrected chi connectivity index (χ1v) is 3.41. The van der Waals surface area contributed by atoms with Crippen LogP contribution in [0, 0.1) is 11.8 Å². The highest BCUT2D eigenvalue weighted by Crippen LogP contribution is 2.09. The van der Waals surface area contributed by atoms with Gasteiger partial charge in [0.05, 0.1) is 13.0 Å². The molecule has 0 aliphatic carbocycles. The number of hydrogen-bond acceptors (Lipinski definition) is 3. The van der Waals surface area contributed by atoms with Crippen molar-refractivity contribution in [2.24, 2.45) is 17.6 Å². The van der Waals surface area contributed by atoms with Crippen LogP contribution in [0.1, 0.15) is 13.8 Å². The summed E-state index contributed by atoms with van der Waals surface area (Å²) in [6.07, 6.45) is 0. The van der Waals surface area contributed by atoms with Crippen LogP contribution in [0.5, 0.6) is 0 Å². The van der Waals surface area contributed by atoms with Crippen molar-refractivity contribution in [3.05, 3.63) is 0 Å². The molecule has 0 amide bonds. The molecule has 10 heavy (non-hydrogen) atoms. The summed E-state index contributed by atoms with van der Waals surface area (Å²) in [5.41, 5.74) is 5.36.